The largest absolute Gasteiger partial charge is 0.504 e. The maximum absolute atomic E-state index is 13.5. The molecule has 1 spiro atoms. The minimum absolute atomic E-state index is 0.0136. The van der Waals surface area contributed by atoms with Crippen molar-refractivity contribution < 1.29 is 34.7 Å². The van der Waals surface area contributed by atoms with Crippen LogP contribution in [0.4, 0.5) is 0 Å². The van der Waals surface area contributed by atoms with Crippen molar-refractivity contribution in [2.45, 2.75) is 101 Å². The Morgan fingerprint density at radius 2 is 1.58 bits per heavy atom. The molecule has 9 nitrogen and oxygen atoms in total. The van der Waals surface area contributed by atoms with Gasteiger partial charge in [-0.2, -0.15) is 0 Å². The number of aryl methyl sites for hydroxylation is 1. The molecule has 300 valence electrons. The Morgan fingerprint density at radius 1 is 0.860 bits per heavy atom. The van der Waals surface area contributed by atoms with E-state index in [1.54, 1.807) is 18.2 Å². The first-order chi connectivity index (χ1) is 27.7. The lowest BCUT2D eigenvalue weighted by Gasteiger charge is -2.46. The lowest BCUT2D eigenvalue weighted by Crippen LogP contribution is -2.55. The second-order valence-electron chi connectivity index (χ2n) is 17.0. The highest BCUT2D eigenvalue weighted by atomic mass is 16.5. The molecule has 2 bridgehead atoms. The average Bonchev–Trinajstić information content (AvgIpc) is 3.54. The summed E-state index contributed by atoms with van der Waals surface area (Å²) in [7, 11) is 0. The number of benzene rings is 4. The monoisotopic (exact) mass is 772 g/mol. The second kappa shape index (κ2) is 16.9. The van der Waals surface area contributed by atoms with Crippen LogP contribution in [0.5, 0.6) is 28.7 Å². The molecule has 5 aliphatic rings. The highest BCUT2D eigenvalue weighted by Crippen LogP contribution is 2.59. The summed E-state index contributed by atoms with van der Waals surface area (Å²) in [6, 6.07) is 27.7. The number of fused-ring (bicyclic) bond motifs is 2. The van der Waals surface area contributed by atoms with E-state index >= 15 is 0 Å². The summed E-state index contributed by atoms with van der Waals surface area (Å²) in [4.78, 5) is 13.5. The van der Waals surface area contributed by atoms with E-state index < -0.39 is 12.0 Å². The fourth-order valence-corrected chi connectivity index (χ4v) is 10.5. The van der Waals surface area contributed by atoms with E-state index in [0.29, 0.717) is 12.2 Å². The molecule has 0 amide bonds. The normalized spacial score (nSPS) is 25.2. The summed E-state index contributed by atoms with van der Waals surface area (Å²) in [5.74, 6) is -0.535. The molecule has 4 aromatic carbocycles. The van der Waals surface area contributed by atoms with E-state index in [0.717, 1.165) is 74.6 Å². The van der Waals surface area contributed by atoms with E-state index in [1.807, 2.05) is 24.3 Å². The predicted molar refractivity (Wildman–Crippen MR) is 220 cm³/mol. The molecular weight excluding hydrogens is 717 g/mol. The van der Waals surface area contributed by atoms with Crippen molar-refractivity contribution in [2.75, 3.05) is 13.3 Å². The number of ketones is 1. The summed E-state index contributed by atoms with van der Waals surface area (Å²) < 4.78 is 12.5. The van der Waals surface area contributed by atoms with E-state index in [4.69, 9.17) is 15.2 Å². The summed E-state index contributed by atoms with van der Waals surface area (Å²) in [6.45, 7) is 0.770. The smallest absolute Gasteiger partial charge is 0.200 e. The zero-order chi connectivity index (χ0) is 39.5. The molecule has 1 aliphatic heterocycles. The molecule has 1 heterocycles. The van der Waals surface area contributed by atoms with Crippen molar-refractivity contribution in [3.63, 3.8) is 0 Å². The van der Waals surface area contributed by atoms with Crippen LogP contribution in [-0.4, -0.2) is 57.7 Å². The number of aliphatic hydroxyl groups is 1. The number of ether oxygens (including phenoxy) is 2. The standard InChI is InChI=1S/C48H56N2O7/c49-29-56-42-23-32(14-18-39(42)52)13-16-36(51)26-40(53)37-17-15-33-24-34(21-30-9-3-1-4-10-30)44(37)38-27-41(54)46(55)47(45(33)38)57-43-25-35(22-31-11-5-2-6-12-31)50-28-48(43)19-7-8-20-48/h1-6,9-12,14-15,17-18,23,27,33-35,37,40,43-44,50,52-55H,7-8,13,16,19-22,24-26,28-29,49H2/t33-,34-,35-,37+,40+,43-,44+/m1/s1. The highest BCUT2D eigenvalue weighted by Gasteiger charge is 2.49. The van der Waals surface area contributed by atoms with Crippen molar-refractivity contribution in [3.05, 3.63) is 125 Å². The van der Waals surface area contributed by atoms with Crippen LogP contribution >= 0.6 is 0 Å². The third-order valence-corrected chi connectivity index (χ3v) is 13.4. The number of hydrogen-bond donors (Lipinski definition) is 6. The number of hydrogen-bond acceptors (Lipinski definition) is 9. The molecule has 0 radical (unpaired) electrons. The maximum Gasteiger partial charge on any atom is 0.200 e. The summed E-state index contributed by atoms with van der Waals surface area (Å²) >= 11 is 0. The fourth-order valence-electron chi connectivity index (χ4n) is 10.5. The van der Waals surface area contributed by atoms with Crippen molar-refractivity contribution >= 4 is 5.78 Å². The first-order valence-corrected chi connectivity index (χ1v) is 20.8. The van der Waals surface area contributed by atoms with Crippen LogP contribution in [0.1, 0.15) is 91.0 Å². The van der Waals surface area contributed by atoms with Crippen LogP contribution in [0.25, 0.3) is 0 Å². The van der Waals surface area contributed by atoms with Gasteiger partial charge in [-0.25, -0.2) is 0 Å². The third-order valence-electron chi connectivity index (χ3n) is 13.4. The third kappa shape index (κ3) is 8.29. The molecule has 1 saturated heterocycles. The zero-order valence-electron chi connectivity index (χ0n) is 32.6. The van der Waals surface area contributed by atoms with Crippen molar-refractivity contribution in [1.82, 2.24) is 5.32 Å². The number of phenolic OH excluding ortho intramolecular Hbond substituents is 3. The Labute approximate surface area is 335 Å². The van der Waals surface area contributed by atoms with E-state index in [2.05, 4.69) is 53.9 Å². The van der Waals surface area contributed by atoms with Gasteiger partial charge in [-0.3, -0.25) is 10.5 Å². The first kappa shape index (κ1) is 39.0. The second-order valence-corrected chi connectivity index (χ2v) is 17.0. The van der Waals surface area contributed by atoms with Crippen LogP contribution in [-0.2, 0) is 24.1 Å². The number of carbonyl (C=O) groups excluding carboxylic acids is 1. The van der Waals surface area contributed by atoms with Crippen molar-refractivity contribution in [3.8, 4) is 28.7 Å². The van der Waals surface area contributed by atoms with Crippen molar-refractivity contribution in [1.29, 1.82) is 0 Å². The molecule has 9 rings (SSSR count). The molecule has 4 aromatic rings. The van der Waals surface area contributed by atoms with E-state index in [9.17, 15) is 25.2 Å². The SMILES string of the molecule is NCOc1cc(CCC(=O)C[C@H](O)[C@@H]2C=C[C@@H]3C[C@@H](Cc4ccccc4)[C@@H]2c2cc(O)c(O)c(O[C@@H]4C[C@@H](Cc5ccccc5)NCC45CCCC5)c23)ccc1O. The number of aromatic hydroxyl groups is 3. The van der Waals surface area contributed by atoms with E-state index in [1.165, 1.54) is 17.2 Å². The van der Waals surface area contributed by atoms with Crippen LogP contribution < -0.4 is 20.5 Å². The topological polar surface area (TPSA) is 154 Å². The minimum Gasteiger partial charge on any atom is -0.504 e. The van der Waals surface area contributed by atoms with Gasteiger partial charge in [-0.05, 0) is 90.8 Å². The number of rotatable bonds is 14. The maximum atomic E-state index is 13.5. The molecular formula is C48H56N2O7. The van der Waals surface area contributed by atoms with E-state index in [-0.39, 0.29) is 83.7 Å². The number of piperidine rings is 1. The lowest BCUT2D eigenvalue weighted by atomic mass is 9.65. The van der Waals surface area contributed by atoms with Gasteiger partial charge in [0.15, 0.2) is 23.0 Å². The Kier molecular flexibility index (Phi) is 11.6. The minimum atomic E-state index is -0.970. The molecule has 0 unspecified atom stereocenters. The Bertz CT molecular complexity index is 2050. The van der Waals surface area contributed by atoms with Gasteiger partial charge in [0.05, 0.1) is 6.10 Å². The Morgan fingerprint density at radius 3 is 2.30 bits per heavy atom. The molecule has 9 heteroatoms. The molecule has 7 atom stereocenters. The van der Waals surface area contributed by atoms with Crippen molar-refractivity contribution in [2.24, 2.45) is 23.0 Å². The van der Waals surface area contributed by atoms with Crippen LogP contribution in [0.15, 0.2) is 97.1 Å². The number of allylic oxidation sites excluding steroid dienone is 1. The van der Waals surface area contributed by atoms with Crippen LogP contribution in [0.3, 0.4) is 0 Å². The number of Topliss-reactive ketones (excluding diaryl/α,β-unsaturated/α-hetero) is 1. The number of carbonyl (C=O) groups is 1. The molecule has 2 fully saturated rings. The fraction of sp³-hybridized carbons (Fsp3) is 0.438. The molecule has 57 heavy (non-hydrogen) atoms. The Hall–Kier alpha value is -4.83. The van der Waals surface area contributed by atoms with Gasteiger partial charge in [0.25, 0.3) is 0 Å². The number of nitrogens with two attached hydrogens (primary N) is 1. The zero-order valence-corrected chi connectivity index (χ0v) is 32.6. The van der Waals surface area contributed by atoms with Gasteiger partial charge in [0, 0.05) is 54.7 Å². The summed E-state index contributed by atoms with van der Waals surface area (Å²) in [6.07, 6.45) is 11.3. The quantitative estimate of drug-likeness (QED) is 0.0433. The number of nitrogens with one attached hydrogen (secondary N) is 1. The van der Waals surface area contributed by atoms with Gasteiger partial charge in [0.1, 0.15) is 18.6 Å². The number of phenols is 3. The molecule has 4 aliphatic carbocycles. The average molecular weight is 773 g/mol. The summed E-state index contributed by atoms with van der Waals surface area (Å²) in [5.41, 5.74) is 10.5. The Balaban J connectivity index is 1.09. The first-order valence-electron chi connectivity index (χ1n) is 20.8. The predicted octanol–water partition coefficient (Wildman–Crippen LogP) is 7.58. The number of aliphatic hydroxyl groups excluding tert-OH is 1. The summed E-state index contributed by atoms with van der Waals surface area (Å²) in [5, 5.41) is 49.1. The van der Waals surface area contributed by atoms with Gasteiger partial charge >= 0.3 is 0 Å². The highest BCUT2D eigenvalue weighted by molar-refractivity contribution is 5.79. The molecule has 0 aromatic heterocycles. The van der Waals surface area contributed by atoms with Gasteiger partial charge in [-0.15, -0.1) is 0 Å². The molecule has 1 saturated carbocycles. The molecule has 7 N–H and O–H groups in total. The van der Waals surface area contributed by atoms with Crippen LogP contribution in [0, 0.1) is 17.3 Å². The van der Waals surface area contributed by atoms with Gasteiger partial charge in [0.2, 0.25) is 5.75 Å². The van der Waals surface area contributed by atoms with Gasteiger partial charge < -0.3 is 35.2 Å². The lowest BCUT2D eigenvalue weighted by molar-refractivity contribution is -0.121. The van der Waals surface area contributed by atoms with Gasteiger partial charge in [-0.1, -0.05) is 91.7 Å². The van der Waals surface area contributed by atoms with Crippen LogP contribution in [0.2, 0.25) is 0 Å².